The molecule has 1 atom stereocenters. The van der Waals surface area contributed by atoms with Crippen molar-refractivity contribution >= 4 is 34.0 Å². The van der Waals surface area contributed by atoms with Gasteiger partial charge in [0.2, 0.25) is 5.91 Å². The standard InChI is InChI=1S/C21H19N3O3S/c1-12-4-3-5-16(8-12)27-13(2)20(26)24-21-23-18(11-28-21)14-6-7-17-15(9-14)10-19(25)22-17/h3-9,11,13H,10H2,1-2H3,(H,22,25)(H,23,24,26)/t13-/m0/s1. The van der Waals surface area contributed by atoms with E-state index in [9.17, 15) is 9.59 Å². The van der Waals surface area contributed by atoms with Gasteiger partial charge in [0, 0.05) is 16.6 Å². The fraction of sp³-hybridized carbons (Fsp3) is 0.190. The second-order valence-electron chi connectivity index (χ2n) is 6.70. The number of thiazole rings is 1. The van der Waals surface area contributed by atoms with Gasteiger partial charge in [0.25, 0.3) is 5.91 Å². The summed E-state index contributed by atoms with van der Waals surface area (Å²) in [4.78, 5) is 28.4. The topological polar surface area (TPSA) is 80.3 Å². The van der Waals surface area contributed by atoms with Gasteiger partial charge in [-0.25, -0.2) is 4.98 Å². The lowest BCUT2D eigenvalue weighted by Gasteiger charge is -2.14. The fourth-order valence-electron chi connectivity index (χ4n) is 3.01. The molecule has 1 aliphatic rings. The Morgan fingerprint density at radius 1 is 1.29 bits per heavy atom. The molecule has 0 aliphatic carbocycles. The van der Waals surface area contributed by atoms with E-state index in [1.807, 2.05) is 54.8 Å². The number of rotatable bonds is 5. The van der Waals surface area contributed by atoms with Crippen molar-refractivity contribution in [2.45, 2.75) is 26.4 Å². The van der Waals surface area contributed by atoms with Crippen molar-refractivity contribution < 1.29 is 14.3 Å². The highest BCUT2D eigenvalue weighted by molar-refractivity contribution is 7.14. The van der Waals surface area contributed by atoms with Crippen LogP contribution in [0.4, 0.5) is 10.8 Å². The molecule has 0 fully saturated rings. The molecule has 3 aromatic rings. The summed E-state index contributed by atoms with van der Waals surface area (Å²) >= 11 is 1.35. The quantitative estimate of drug-likeness (QED) is 0.686. The molecule has 0 unspecified atom stereocenters. The van der Waals surface area contributed by atoms with E-state index in [4.69, 9.17) is 4.74 Å². The third-order valence-corrected chi connectivity index (χ3v) is 5.19. The SMILES string of the molecule is Cc1cccc(O[C@@H](C)C(=O)Nc2nc(-c3ccc4c(c3)CC(=O)N4)cs2)c1. The minimum absolute atomic E-state index is 0.000905. The maximum atomic E-state index is 12.4. The lowest BCUT2D eigenvalue weighted by atomic mass is 10.1. The van der Waals surface area contributed by atoms with Gasteiger partial charge < -0.3 is 10.1 Å². The van der Waals surface area contributed by atoms with Gasteiger partial charge in [-0.05, 0) is 49.2 Å². The van der Waals surface area contributed by atoms with Gasteiger partial charge in [-0.3, -0.25) is 14.9 Å². The Morgan fingerprint density at radius 2 is 2.14 bits per heavy atom. The van der Waals surface area contributed by atoms with Crippen molar-refractivity contribution in [3.63, 3.8) is 0 Å². The molecule has 0 spiro atoms. The van der Waals surface area contributed by atoms with Crippen LogP contribution in [0.3, 0.4) is 0 Å². The number of nitrogens with zero attached hydrogens (tertiary/aromatic N) is 1. The molecule has 0 bridgehead atoms. The normalized spacial score (nSPS) is 13.6. The highest BCUT2D eigenvalue weighted by Gasteiger charge is 2.19. The van der Waals surface area contributed by atoms with E-state index >= 15 is 0 Å². The number of hydrogen-bond acceptors (Lipinski definition) is 5. The van der Waals surface area contributed by atoms with E-state index in [2.05, 4.69) is 15.6 Å². The number of hydrogen-bond donors (Lipinski definition) is 2. The van der Waals surface area contributed by atoms with Gasteiger partial charge in [-0.1, -0.05) is 18.2 Å². The summed E-state index contributed by atoms with van der Waals surface area (Å²) in [5.41, 5.74) is 4.55. The Labute approximate surface area is 166 Å². The lowest BCUT2D eigenvalue weighted by Crippen LogP contribution is -2.30. The molecule has 2 N–H and O–H groups in total. The monoisotopic (exact) mass is 393 g/mol. The number of amides is 2. The molecule has 0 saturated carbocycles. The van der Waals surface area contributed by atoms with Crippen molar-refractivity contribution in [2.75, 3.05) is 10.6 Å². The van der Waals surface area contributed by atoms with Crippen molar-refractivity contribution in [1.29, 1.82) is 0 Å². The number of nitrogens with one attached hydrogen (secondary N) is 2. The van der Waals surface area contributed by atoms with Gasteiger partial charge in [0.1, 0.15) is 5.75 Å². The first-order valence-electron chi connectivity index (χ1n) is 8.91. The molecule has 2 amide bonds. The smallest absolute Gasteiger partial charge is 0.266 e. The van der Waals surface area contributed by atoms with Crippen LogP contribution in [-0.2, 0) is 16.0 Å². The first-order chi connectivity index (χ1) is 13.5. The van der Waals surface area contributed by atoms with Crippen LogP contribution in [-0.4, -0.2) is 22.9 Å². The van der Waals surface area contributed by atoms with Crippen LogP contribution in [0, 0.1) is 6.92 Å². The summed E-state index contributed by atoms with van der Waals surface area (Å²) < 4.78 is 5.71. The summed E-state index contributed by atoms with van der Waals surface area (Å²) in [5.74, 6) is 0.399. The number of anilines is 2. The third kappa shape index (κ3) is 3.89. The zero-order chi connectivity index (χ0) is 19.7. The third-order valence-electron chi connectivity index (χ3n) is 4.43. The average molecular weight is 393 g/mol. The molecule has 1 aromatic heterocycles. The molecule has 0 radical (unpaired) electrons. The molecule has 4 rings (SSSR count). The molecule has 7 heteroatoms. The Hall–Kier alpha value is -3.19. The first-order valence-corrected chi connectivity index (χ1v) is 9.79. The summed E-state index contributed by atoms with van der Waals surface area (Å²) in [7, 11) is 0. The molecule has 6 nitrogen and oxygen atoms in total. The van der Waals surface area contributed by atoms with Crippen LogP contribution in [0.25, 0.3) is 11.3 Å². The second-order valence-corrected chi connectivity index (χ2v) is 7.56. The minimum Gasteiger partial charge on any atom is -0.481 e. The van der Waals surface area contributed by atoms with Crippen LogP contribution in [0.1, 0.15) is 18.1 Å². The molecule has 2 heterocycles. The molecule has 0 saturated heterocycles. The van der Waals surface area contributed by atoms with Gasteiger partial charge in [0.05, 0.1) is 12.1 Å². The second kappa shape index (κ2) is 7.44. The minimum atomic E-state index is -0.647. The van der Waals surface area contributed by atoms with Crippen LogP contribution < -0.4 is 15.4 Å². The number of carbonyl (C=O) groups excluding carboxylic acids is 2. The van der Waals surface area contributed by atoms with Crippen LogP contribution in [0.5, 0.6) is 5.75 Å². The van der Waals surface area contributed by atoms with Crippen LogP contribution in [0.2, 0.25) is 0 Å². The van der Waals surface area contributed by atoms with Crippen molar-refractivity contribution in [2.24, 2.45) is 0 Å². The molecule has 1 aliphatic heterocycles. The summed E-state index contributed by atoms with van der Waals surface area (Å²) in [6.07, 6.45) is -0.267. The van der Waals surface area contributed by atoms with Gasteiger partial charge >= 0.3 is 0 Å². The zero-order valence-corrected chi connectivity index (χ0v) is 16.3. The molecule has 2 aromatic carbocycles. The fourth-order valence-corrected chi connectivity index (χ4v) is 3.73. The zero-order valence-electron chi connectivity index (χ0n) is 15.5. The van der Waals surface area contributed by atoms with E-state index in [-0.39, 0.29) is 11.8 Å². The number of fused-ring (bicyclic) bond motifs is 1. The number of benzene rings is 2. The molecule has 28 heavy (non-hydrogen) atoms. The number of ether oxygens (including phenoxy) is 1. The van der Waals surface area contributed by atoms with E-state index in [1.54, 1.807) is 6.92 Å². The van der Waals surface area contributed by atoms with Crippen molar-refractivity contribution in [3.05, 3.63) is 59.0 Å². The lowest BCUT2D eigenvalue weighted by molar-refractivity contribution is -0.122. The van der Waals surface area contributed by atoms with E-state index in [1.165, 1.54) is 11.3 Å². The van der Waals surface area contributed by atoms with E-state index < -0.39 is 6.10 Å². The van der Waals surface area contributed by atoms with E-state index in [0.717, 1.165) is 28.1 Å². The first kappa shape index (κ1) is 18.2. The number of aryl methyl sites for hydroxylation is 1. The van der Waals surface area contributed by atoms with Crippen molar-refractivity contribution in [1.82, 2.24) is 4.98 Å². The van der Waals surface area contributed by atoms with Gasteiger partial charge in [-0.15, -0.1) is 11.3 Å². The summed E-state index contributed by atoms with van der Waals surface area (Å²) in [6.45, 7) is 3.68. The predicted molar refractivity (Wildman–Crippen MR) is 110 cm³/mol. The Morgan fingerprint density at radius 3 is 2.96 bits per heavy atom. The highest BCUT2D eigenvalue weighted by atomic mass is 32.1. The van der Waals surface area contributed by atoms with Gasteiger partial charge in [-0.2, -0.15) is 0 Å². The van der Waals surface area contributed by atoms with E-state index in [0.29, 0.717) is 17.3 Å². The number of carbonyl (C=O) groups is 2. The molecular formula is C21H19N3O3S. The summed E-state index contributed by atoms with van der Waals surface area (Å²) in [5, 5.41) is 8.01. The molecular weight excluding hydrogens is 374 g/mol. The Kier molecular flexibility index (Phi) is 4.83. The maximum Gasteiger partial charge on any atom is 0.266 e. The average Bonchev–Trinajstić information content (AvgIpc) is 3.26. The summed E-state index contributed by atoms with van der Waals surface area (Å²) in [6, 6.07) is 13.3. The van der Waals surface area contributed by atoms with Gasteiger partial charge in [0.15, 0.2) is 11.2 Å². The maximum absolute atomic E-state index is 12.4. The molecule has 142 valence electrons. The Bertz CT molecular complexity index is 1060. The predicted octanol–water partition coefficient (Wildman–Crippen LogP) is 4.02. The van der Waals surface area contributed by atoms with Crippen LogP contribution >= 0.6 is 11.3 Å². The Balaban J connectivity index is 1.42. The van der Waals surface area contributed by atoms with Crippen molar-refractivity contribution in [3.8, 4) is 17.0 Å². The highest BCUT2D eigenvalue weighted by Crippen LogP contribution is 2.31. The number of aromatic nitrogens is 1. The largest absolute Gasteiger partial charge is 0.481 e. The van der Waals surface area contributed by atoms with Crippen LogP contribution in [0.15, 0.2) is 47.8 Å².